The molecule has 0 saturated carbocycles. The molecule has 0 bridgehead atoms. The summed E-state index contributed by atoms with van der Waals surface area (Å²) in [5.41, 5.74) is 1.59. The molecule has 1 aromatic rings. The van der Waals surface area contributed by atoms with Gasteiger partial charge in [0.2, 0.25) is 24.1 Å². The monoisotopic (exact) mass is 482 g/mol. The van der Waals surface area contributed by atoms with Gasteiger partial charge in [0.15, 0.2) is 17.3 Å². The largest absolute Gasteiger partial charge is 0.493 e. The molecule has 0 N–H and O–H groups in total. The number of methoxy groups -OCH3 is 2. The third kappa shape index (κ3) is 3.18. The van der Waals surface area contributed by atoms with Crippen molar-refractivity contribution in [2.45, 2.75) is 45.6 Å². The molecule has 8 heteroatoms. The van der Waals surface area contributed by atoms with Crippen molar-refractivity contribution in [3.8, 4) is 17.2 Å². The zero-order valence-electron chi connectivity index (χ0n) is 20.9. The van der Waals surface area contributed by atoms with Gasteiger partial charge < -0.3 is 28.4 Å². The minimum Gasteiger partial charge on any atom is -0.493 e. The summed E-state index contributed by atoms with van der Waals surface area (Å²) in [6, 6.07) is 1.84. The summed E-state index contributed by atoms with van der Waals surface area (Å²) in [6.07, 6.45) is 3.58. The van der Waals surface area contributed by atoms with E-state index >= 15 is 0 Å². The summed E-state index contributed by atoms with van der Waals surface area (Å²) >= 11 is 0. The fourth-order valence-electron chi connectivity index (χ4n) is 5.51. The summed E-state index contributed by atoms with van der Waals surface area (Å²) in [5.74, 6) is 1.30. The van der Waals surface area contributed by atoms with Gasteiger partial charge in [-0.2, -0.15) is 0 Å². The van der Waals surface area contributed by atoms with Crippen molar-refractivity contribution < 1.29 is 38.0 Å². The van der Waals surface area contributed by atoms with Crippen LogP contribution in [0, 0.1) is 11.8 Å². The Hall–Kier alpha value is -3.42. The van der Waals surface area contributed by atoms with E-state index in [-0.39, 0.29) is 36.8 Å². The molecule has 0 fully saturated rings. The van der Waals surface area contributed by atoms with Crippen LogP contribution in [0.1, 0.15) is 51.3 Å². The van der Waals surface area contributed by atoms with Crippen molar-refractivity contribution in [3.63, 3.8) is 0 Å². The number of carbonyl (C=O) groups excluding carboxylic acids is 2. The number of rotatable bonds is 4. The average molecular weight is 483 g/mol. The molecule has 186 valence electrons. The fraction of sp³-hybridized carbons (Fsp3) is 0.481. The van der Waals surface area contributed by atoms with Crippen LogP contribution < -0.4 is 14.2 Å². The first-order chi connectivity index (χ1) is 16.8. The van der Waals surface area contributed by atoms with Gasteiger partial charge in [-0.3, -0.25) is 4.79 Å². The van der Waals surface area contributed by atoms with E-state index in [4.69, 9.17) is 28.4 Å². The average Bonchev–Trinajstić information content (AvgIpc) is 3.48. The van der Waals surface area contributed by atoms with E-state index in [1.54, 1.807) is 19.9 Å². The zero-order valence-corrected chi connectivity index (χ0v) is 20.9. The molecule has 2 aliphatic carbocycles. The predicted octanol–water partition coefficient (Wildman–Crippen LogP) is 4.29. The fourth-order valence-corrected chi connectivity index (χ4v) is 5.51. The molecule has 4 aliphatic rings. The SMILES string of the molecule is C/C=C(/C)C(=O)O[C@@H]1c2cc3c(c4c2[C@@]2(CO4)C(=O)C(OC)=C(OC)C=C2C[C@@H](C)[C@H]1C)OCO3. The Morgan fingerprint density at radius 2 is 1.91 bits per heavy atom. The molecule has 0 saturated heterocycles. The van der Waals surface area contributed by atoms with Crippen molar-refractivity contribution in [1.29, 1.82) is 0 Å². The molecule has 1 spiro atoms. The van der Waals surface area contributed by atoms with Crippen LogP contribution >= 0.6 is 0 Å². The van der Waals surface area contributed by atoms with Gasteiger partial charge in [0.25, 0.3) is 0 Å². The minimum absolute atomic E-state index is 0.0450. The van der Waals surface area contributed by atoms with Crippen LogP contribution in [0.3, 0.4) is 0 Å². The molecule has 8 nitrogen and oxygen atoms in total. The van der Waals surface area contributed by atoms with E-state index in [9.17, 15) is 9.59 Å². The molecule has 5 rings (SSSR count). The second kappa shape index (κ2) is 8.36. The number of carbonyl (C=O) groups is 2. The van der Waals surface area contributed by atoms with Crippen LogP contribution in [0.25, 0.3) is 0 Å². The maximum absolute atomic E-state index is 14.2. The first-order valence-electron chi connectivity index (χ1n) is 11.8. The number of hydrogen-bond acceptors (Lipinski definition) is 8. The lowest BCUT2D eigenvalue weighted by molar-refractivity contribution is -0.148. The summed E-state index contributed by atoms with van der Waals surface area (Å²) in [4.78, 5) is 27.1. The number of allylic oxidation sites excluding steroid dienone is 3. The minimum atomic E-state index is -1.15. The molecule has 2 heterocycles. The van der Waals surface area contributed by atoms with Crippen LogP contribution in [0.4, 0.5) is 0 Å². The number of benzene rings is 1. The van der Waals surface area contributed by atoms with Crippen molar-refractivity contribution >= 4 is 11.8 Å². The first kappa shape index (κ1) is 23.3. The molecule has 0 radical (unpaired) electrons. The summed E-state index contributed by atoms with van der Waals surface area (Å²) in [5, 5.41) is 0. The van der Waals surface area contributed by atoms with Crippen LogP contribution in [0.2, 0.25) is 0 Å². The maximum atomic E-state index is 14.2. The van der Waals surface area contributed by atoms with Gasteiger partial charge in [-0.1, -0.05) is 19.9 Å². The molecule has 0 unspecified atom stereocenters. The highest BCUT2D eigenvalue weighted by molar-refractivity contribution is 6.08. The third-order valence-corrected chi connectivity index (χ3v) is 7.82. The van der Waals surface area contributed by atoms with E-state index in [2.05, 4.69) is 13.8 Å². The number of Topliss-reactive ketones (excluding diaryl/α,β-unsaturated/α-hetero) is 1. The molecule has 4 atom stereocenters. The Bertz CT molecular complexity index is 1210. The van der Waals surface area contributed by atoms with Gasteiger partial charge in [0, 0.05) is 22.6 Å². The Morgan fingerprint density at radius 1 is 1.14 bits per heavy atom. The van der Waals surface area contributed by atoms with Crippen LogP contribution in [-0.4, -0.2) is 39.4 Å². The molecule has 2 aliphatic heterocycles. The zero-order chi connectivity index (χ0) is 25.1. The van der Waals surface area contributed by atoms with E-state index in [0.717, 1.165) is 5.57 Å². The lowest BCUT2D eigenvalue weighted by Gasteiger charge is -2.41. The van der Waals surface area contributed by atoms with Gasteiger partial charge in [-0.15, -0.1) is 0 Å². The van der Waals surface area contributed by atoms with Crippen LogP contribution in [-0.2, 0) is 29.2 Å². The van der Waals surface area contributed by atoms with Gasteiger partial charge in [0.05, 0.1) is 14.2 Å². The standard InChI is InChI=1S/C27H30O8/c1-7-13(2)26(29)35-21-15(4)14(3)8-16-9-18(30-5)23(31-6)25(28)27(16)11-32-24-20(27)17(21)10-19-22(24)34-12-33-19/h7,9-10,14-15,21H,8,11-12H2,1-6H3/b13-7-/t14-,15-,21+,27+/m1/s1. The number of hydrogen-bond donors (Lipinski definition) is 0. The van der Waals surface area contributed by atoms with Gasteiger partial charge >= 0.3 is 5.97 Å². The molecule has 0 amide bonds. The number of esters is 1. The van der Waals surface area contributed by atoms with E-state index < -0.39 is 17.5 Å². The van der Waals surface area contributed by atoms with Crippen molar-refractivity contribution in [2.75, 3.05) is 27.6 Å². The summed E-state index contributed by atoms with van der Waals surface area (Å²) in [7, 11) is 2.98. The van der Waals surface area contributed by atoms with Crippen LogP contribution in [0.15, 0.2) is 40.9 Å². The molecule has 0 aromatic heterocycles. The number of ether oxygens (including phenoxy) is 6. The van der Waals surface area contributed by atoms with Crippen molar-refractivity contribution in [1.82, 2.24) is 0 Å². The van der Waals surface area contributed by atoms with Gasteiger partial charge in [0.1, 0.15) is 18.1 Å². The lowest BCUT2D eigenvalue weighted by atomic mass is 9.62. The van der Waals surface area contributed by atoms with E-state index in [1.165, 1.54) is 14.2 Å². The van der Waals surface area contributed by atoms with E-state index in [1.807, 2.05) is 12.1 Å². The third-order valence-electron chi connectivity index (χ3n) is 7.82. The normalized spacial score (nSPS) is 28.9. The quantitative estimate of drug-likeness (QED) is 0.464. The van der Waals surface area contributed by atoms with Crippen molar-refractivity contribution in [3.05, 3.63) is 52.0 Å². The Labute approximate surface area is 204 Å². The Morgan fingerprint density at radius 3 is 2.60 bits per heavy atom. The summed E-state index contributed by atoms with van der Waals surface area (Å²) in [6.45, 7) is 7.81. The second-order valence-electron chi connectivity index (χ2n) is 9.54. The highest BCUT2D eigenvalue weighted by Crippen LogP contribution is 2.61. The predicted molar refractivity (Wildman–Crippen MR) is 125 cm³/mol. The molecule has 35 heavy (non-hydrogen) atoms. The maximum Gasteiger partial charge on any atom is 0.333 e. The molecular formula is C27H30O8. The van der Waals surface area contributed by atoms with Crippen LogP contribution in [0.5, 0.6) is 17.2 Å². The number of fused-ring (bicyclic) bond motifs is 2. The highest BCUT2D eigenvalue weighted by Gasteiger charge is 2.59. The molecule has 1 aromatic carbocycles. The Balaban J connectivity index is 1.80. The summed E-state index contributed by atoms with van der Waals surface area (Å²) < 4.78 is 34.9. The van der Waals surface area contributed by atoms with E-state index in [0.29, 0.717) is 46.1 Å². The number of ketones is 1. The molecular weight excluding hydrogens is 452 g/mol. The van der Waals surface area contributed by atoms with Gasteiger partial charge in [-0.05, 0) is 43.9 Å². The van der Waals surface area contributed by atoms with Gasteiger partial charge in [-0.25, -0.2) is 4.79 Å². The first-order valence-corrected chi connectivity index (χ1v) is 11.8. The second-order valence-corrected chi connectivity index (χ2v) is 9.54. The highest BCUT2D eigenvalue weighted by atomic mass is 16.7. The smallest absolute Gasteiger partial charge is 0.333 e. The topological polar surface area (TPSA) is 89.5 Å². The lowest BCUT2D eigenvalue weighted by Crippen LogP contribution is -2.46. The Kier molecular flexibility index (Phi) is 5.57. The van der Waals surface area contributed by atoms with Crippen molar-refractivity contribution in [2.24, 2.45) is 11.8 Å².